The van der Waals surface area contributed by atoms with E-state index >= 15 is 0 Å². The molecule has 0 aliphatic carbocycles. The molecule has 0 unspecified atom stereocenters. The van der Waals surface area contributed by atoms with Crippen molar-refractivity contribution in [1.82, 2.24) is 4.90 Å². The van der Waals surface area contributed by atoms with Crippen LogP contribution in [0.1, 0.15) is 13.3 Å². The number of morpholine rings is 1. The second-order valence-corrected chi connectivity index (χ2v) is 4.69. The largest absolute Gasteiger partial charge is 0.463 e. The van der Waals surface area contributed by atoms with Crippen LogP contribution in [0.3, 0.4) is 0 Å². The number of carbonyl (C=O) groups excluding carboxylic acids is 2. The van der Waals surface area contributed by atoms with Crippen LogP contribution in [0.4, 0.5) is 14.5 Å². The molecule has 1 heterocycles. The Morgan fingerprint density at radius 1 is 1.43 bits per heavy atom. The molecule has 1 amide bonds. The number of hydrogen-bond acceptors (Lipinski definition) is 4. The monoisotopic (exact) mass is 298 g/mol. The van der Waals surface area contributed by atoms with E-state index < -0.39 is 29.6 Å². The predicted molar refractivity (Wildman–Crippen MR) is 71.6 cm³/mol. The van der Waals surface area contributed by atoms with Gasteiger partial charge in [-0.3, -0.25) is 14.5 Å². The topological polar surface area (TPSA) is 58.6 Å². The summed E-state index contributed by atoms with van der Waals surface area (Å²) >= 11 is 0. The molecule has 5 nitrogen and oxygen atoms in total. The van der Waals surface area contributed by atoms with Crippen molar-refractivity contribution in [2.24, 2.45) is 0 Å². The van der Waals surface area contributed by atoms with Crippen LogP contribution in [-0.2, 0) is 14.3 Å². The lowest BCUT2D eigenvalue weighted by atomic mass is 10.1. The van der Waals surface area contributed by atoms with Crippen molar-refractivity contribution < 1.29 is 23.1 Å². The molecular formula is C14H16F2N2O3. The van der Waals surface area contributed by atoms with E-state index in [1.54, 1.807) is 0 Å². The minimum atomic E-state index is -1.04. The number of cyclic esters (lactones) is 1. The summed E-state index contributed by atoms with van der Waals surface area (Å²) in [5.74, 6) is -2.92. The number of esters is 1. The third-order valence-corrected chi connectivity index (χ3v) is 3.32. The number of hydrogen-bond donors (Lipinski definition) is 1. The van der Waals surface area contributed by atoms with Crippen molar-refractivity contribution in [2.45, 2.75) is 19.4 Å². The number of amides is 1. The maximum absolute atomic E-state index is 13.1. The highest BCUT2D eigenvalue weighted by molar-refractivity contribution is 5.94. The van der Waals surface area contributed by atoms with Crippen LogP contribution in [-0.4, -0.2) is 42.5 Å². The van der Waals surface area contributed by atoms with Crippen molar-refractivity contribution in [3.63, 3.8) is 0 Å². The number of ether oxygens (including phenoxy) is 1. The lowest BCUT2D eigenvalue weighted by Gasteiger charge is -2.32. The number of anilines is 1. The quantitative estimate of drug-likeness (QED) is 0.857. The summed E-state index contributed by atoms with van der Waals surface area (Å²) in [4.78, 5) is 25.5. The highest BCUT2D eigenvalue weighted by Gasteiger charge is 2.32. The summed E-state index contributed by atoms with van der Waals surface area (Å²) in [7, 11) is 0. The third kappa shape index (κ3) is 3.75. The van der Waals surface area contributed by atoms with Gasteiger partial charge in [0, 0.05) is 18.3 Å². The maximum atomic E-state index is 13.1. The van der Waals surface area contributed by atoms with E-state index in [1.807, 2.05) is 11.8 Å². The first-order valence-electron chi connectivity index (χ1n) is 6.67. The van der Waals surface area contributed by atoms with Crippen LogP contribution in [0.2, 0.25) is 0 Å². The lowest BCUT2D eigenvalue weighted by molar-refractivity contribution is -0.158. The molecule has 1 aliphatic rings. The zero-order chi connectivity index (χ0) is 15.4. The molecule has 1 N–H and O–H groups in total. The van der Waals surface area contributed by atoms with E-state index in [1.165, 1.54) is 6.07 Å². The standard InChI is InChI=1S/C14H16F2N2O3/c1-2-18-5-6-21-14(20)12(18)8-13(19)17-9-3-4-10(15)11(16)7-9/h3-4,7,12H,2,5-6,8H2,1H3,(H,17,19)/t12-/m0/s1. The highest BCUT2D eigenvalue weighted by atomic mass is 19.2. The first-order chi connectivity index (χ1) is 10.0. The van der Waals surface area contributed by atoms with E-state index in [0.717, 1.165) is 12.1 Å². The molecule has 0 spiro atoms. The zero-order valence-corrected chi connectivity index (χ0v) is 11.6. The van der Waals surface area contributed by atoms with Gasteiger partial charge in [0.25, 0.3) is 0 Å². The van der Waals surface area contributed by atoms with Crippen molar-refractivity contribution in [1.29, 1.82) is 0 Å². The molecule has 1 saturated heterocycles. The molecule has 1 atom stereocenters. The molecular weight excluding hydrogens is 282 g/mol. The Morgan fingerprint density at radius 3 is 2.86 bits per heavy atom. The molecule has 1 aliphatic heterocycles. The molecule has 21 heavy (non-hydrogen) atoms. The second-order valence-electron chi connectivity index (χ2n) is 4.69. The lowest BCUT2D eigenvalue weighted by Crippen LogP contribution is -2.50. The summed E-state index contributed by atoms with van der Waals surface area (Å²) in [6.45, 7) is 3.40. The van der Waals surface area contributed by atoms with E-state index in [4.69, 9.17) is 4.74 Å². The second kappa shape index (κ2) is 6.62. The summed E-state index contributed by atoms with van der Waals surface area (Å²) in [5, 5.41) is 2.44. The van der Waals surface area contributed by atoms with Gasteiger partial charge < -0.3 is 10.1 Å². The molecule has 1 aromatic carbocycles. The molecule has 1 aromatic rings. The SMILES string of the molecule is CCN1CCOC(=O)[C@@H]1CC(=O)Nc1ccc(F)c(F)c1. The Balaban J connectivity index is 1.99. The molecule has 0 radical (unpaired) electrons. The van der Waals surface area contributed by atoms with Crippen molar-refractivity contribution in [3.05, 3.63) is 29.8 Å². The van der Waals surface area contributed by atoms with Gasteiger partial charge >= 0.3 is 5.97 Å². The normalized spacial score (nSPS) is 19.2. The smallest absolute Gasteiger partial charge is 0.323 e. The minimum absolute atomic E-state index is 0.0916. The molecule has 114 valence electrons. The molecule has 7 heteroatoms. The average molecular weight is 298 g/mol. The fraction of sp³-hybridized carbons (Fsp3) is 0.429. The van der Waals surface area contributed by atoms with Gasteiger partial charge in [-0.05, 0) is 18.7 Å². The number of benzene rings is 1. The number of halogens is 2. The molecule has 0 aromatic heterocycles. The van der Waals surface area contributed by atoms with E-state index in [2.05, 4.69) is 5.32 Å². The van der Waals surface area contributed by atoms with Gasteiger partial charge in [-0.25, -0.2) is 8.78 Å². The Morgan fingerprint density at radius 2 is 2.19 bits per heavy atom. The van der Waals surface area contributed by atoms with Crippen LogP contribution >= 0.6 is 0 Å². The number of carbonyl (C=O) groups is 2. The third-order valence-electron chi connectivity index (χ3n) is 3.32. The van der Waals surface area contributed by atoms with Crippen LogP contribution in [0.15, 0.2) is 18.2 Å². The number of nitrogens with one attached hydrogen (secondary N) is 1. The van der Waals surface area contributed by atoms with Gasteiger partial charge in [-0.2, -0.15) is 0 Å². The van der Waals surface area contributed by atoms with Crippen LogP contribution in [0.5, 0.6) is 0 Å². The fourth-order valence-electron chi connectivity index (χ4n) is 2.22. The van der Waals surface area contributed by atoms with Crippen molar-refractivity contribution in [3.8, 4) is 0 Å². The first-order valence-corrected chi connectivity index (χ1v) is 6.67. The molecule has 0 saturated carbocycles. The Hall–Kier alpha value is -2.02. The Labute approximate surface area is 120 Å². The van der Waals surface area contributed by atoms with Crippen LogP contribution in [0.25, 0.3) is 0 Å². The van der Waals surface area contributed by atoms with Gasteiger partial charge in [-0.1, -0.05) is 6.92 Å². The molecule has 1 fully saturated rings. The minimum Gasteiger partial charge on any atom is -0.463 e. The number of likely N-dealkylation sites (N-methyl/N-ethyl adjacent to an activating group) is 1. The molecule has 0 bridgehead atoms. The van der Waals surface area contributed by atoms with Gasteiger partial charge in [0.1, 0.15) is 12.6 Å². The van der Waals surface area contributed by atoms with E-state index in [9.17, 15) is 18.4 Å². The predicted octanol–water partition coefficient (Wildman–Crippen LogP) is 1.54. The highest BCUT2D eigenvalue weighted by Crippen LogP contribution is 2.16. The van der Waals surface area contributed by atoms with Crippen molar-refractivity contribution in [2.75, 3.05) is 25.0 Å². The maximum Gasteiger partial charge on any atom is 0.323 e. The van der Waals surface area contributed by atoms with E-state index in [0.29, 0.717) is 19.7 Å². The Bertz CT molecular complexity index is 551. The van der Waals surface area contributed by atoms with Gasteiger partial charge in [0.2, 0.25) is 5.91 Å². The number of nitrogens with zero attached hydrogens (tertiary/aromatic N) is 1. The first kappa shape index (κ1) is 15.4. The zero-order valence-electron chi connectivity index (χ0n) is 11.6. The van der Waals surface area contributed by atoms with Gasteiger partial charge in [-0.15, -0.1) is 0 Å². The summed E-state index contributed by atoms with van der Waals surface area (Å²) < 4.78 is 30.8. The van der Waals surface area contributed by atoms with E-state index in [-0.39, 0.29) is 12.1 Å². The number of rotatable bonds is 4. The van der Waals surface area contributed by atoms with Gasteiger partial charge in [0.05, 0.1) is 6.42 Å². The van der Waals surface area contributed by atoms with Crippen molar-refractivity contribution >= 4 is 17.6 Å². The molecule has 2 rings (SSSR count). The average Bonchev–Trinajstić information content (AvgIpc) is 2.45. The summed E-state index contributed by atoms with van der Waals surface area (Å²) in [6.07, 6.45) is -0.0916. The van der Waals surface area contributed by atoms with Gasteiger partial charge in [0.15, 0.2) is 11.6 Å². The Kier molecular flexibility index (Phi) is 4.85. The van der Waals surface area contributed by atoms with Crippen LogP contribution < -0.4 is 5.32 Å². The summed E-state index contributed by atoms with van der Waals surface area (Å²) in [5.41, 5.74) is 0.145. The fourth-order valence-corrected chi connectivity index (χ4v) is 2.22. The van der Waals surface area contributed by atoms with Crippen LogP contribution in [0, 0.1) is 11.6 Å². The summed E-state index contributed by atoms with van der Waals surface area (Å²) in [6, 6.07) is 2.43.